The molecular formula is C16H17N5O3. The summed E-state index contributed by atoms with van der Waals surface area (Å²) in [4.78, 5) is 31.1. The Morgan fingerprint density at radius 1 is 1.08 bits per heavy atom. The van der Waals surface area contributed by atoms with Crippen LogP contribution in [0.3, 0.4) is 0 Å². The molecule has 1 aliphatic heterocycles. The number of imidazole rings is 1. The van der Waals surface area contributed by atoms with Crippen molar-refractivity contribution in [2.24, 2.45) is 14.1 Å². The Hall–Kier alpha value is -2.87. The van der Waals surface area contributed by atoms with Crippen molar-refractivity contribution >= 4 is 22.8 Å². The van der Waals surface area contributed by atoms with Crippen LogP contribution >= 0.6 is 0 Å². The van der Waals surface area contributed by atoms with Gasteiger partial charge in [0.25, 0.3) is 5.56 Å². The van der Waals surface area contributed by atoms with Crippen LogP contribution in [0.5, 0.6) is 0 Å². The first-order valence-electron chi connectivity index (χ1n) is 7.66. The molecule has 0 fully saturated rings. The molecule has 3 heterocycles. The fourth-order valence-corrected chi connectivity index (χ4v) is 3.20. The molecule has 1 aliphatic rings. The number of fused-ring (bicyclic) bond motifs is 3. The molecule has 4 rings (SSSR count). The van der Waals surface area contributed by atoms with Crippen molar-refractivity contribution in [1.82, 2.24) is 18.7 Å². The lowest BCUT2D eigenvalue weighted by atomic mass is 10.2. The summed E-state index contributed by atoms with van der Waals surface area (Å²) >= 11 is 0. The van der Waals surface area contributed by atoms with Gasteiger partial charge >= 0.3 is 5.69 Å². The van der Waals surface area contributed by atoms with Gasteiger partial charge < -0.3 is 14.6 Å². The van der Waals surface area contributed by atoms with Gasteiger partial charge in [-0.2, -0.15) is 4.98 Å². The normalized spacial score (nSPS) is 17.3. The van der Waals surface area contributed by atoms with Crippen LogP contribution in [0.15, 0.2) is 39.9 Å². The summed E-state index contributed by atoms with van der Waals surface area (Å²) in [7, 11) is 3.03. The number of aliphatic hydroxyl groups is 1. The number of benzene rings is 1. The van der Waals surface area contributed by atoms with Crippen LogP contribution in [0, 0.1) is 0 Å². The van der Waals surface area contributed by atoms with E-state index in [2.05, 4.69) is 4.98 Å². The first-order valence-corrected chi connectivity index (χ1v) is 7.66. The van der Waals surface area contributed by atoms with E-state index in [-0.39, 0.29) is 6.54 Å². The highest BCUT2D eigenvalue weighted by atomic mass is 16.3. The second-order valence-corrected chi connectivity index (χ2v) is 6.00. The van der Waals surface area contributed by atoms with Crippen molar-refractivity contribution in [3.8, 4) is 0 Å². The predicted molar refractivity (Wildman–Crippen MR) is 89.7 cm³/mol. The van der Waals surface area contributed by atoms with Crippen LogP contribution in [-0.2, 0) is 20.6 Å². The topological polar surface area (TPSA) is 85.3 Å². The maximum absolute atomic E-state index is 12.6. The molecule has 8 nitrogen and oxygen atoms in total. The largest absolute Gasteiger partial charge is 0.389 e. The minimum atomic E-state index is -0.642. The molecule has 24 heavy (non-hydrogen) atoms. The minimum absolute atomic E-state index is 0.266. The summed E-state index contributed by atoms with van der Waals surface area (Å²) in [6.07, 6.45) is -0.642. The van der Waals surface area contributed by atoms with Gasteiger partial charge in [0.2, 0.25) is 5.95 Å². The quantitative estimate of drug-likeness (QED) is 0.677. The molecule has 1 atom stereocenters. The highest BCUT2D eigenvalue weighted by Crippen LogP contribution is 2.30. The SMILES string of the molecule is Cn1c(=O)c2c(nc3n2C[C@@H](O)CN3c2ccccc2)n(C)c1=O. The molecule has 2 aromatic heterocycles. The average Bonchev–Trinajstić information content (AvgIpc) is 2.97. The number of aliphatic hydroxyl groups excluding tert-OH is 1. The van der Waals surface area contributed by atoms with Crippen molar-refractivity contribution in [3.05, 3.63) is 51.2 Å². The minimum Gasteiger partial charge on any atom is -0.389 e. The molecule has 8 heteroatoms. The fourth-order valence-electron chi connectivity index (χ4n) is 3.20. The summed E-state index contributed by atoms with van der Waals surface area (Å²) in [5.74, 6) is 0.555. The maximum Gasteiger partial charge on any atom is 0.332 e. The lowest BCUT2D eigenvalue weighted by Crippen LogP contribution is -2.40. The molecule has 0 amide bonds. The maximum atomic E-state index is 12.6. The Kier molecular flexibility index (Phi) is 3.10. The first kappa shape index (κ1) is 14.7. The van der Waals surface area contributed by atoms with Gasteiger partial charge in [0.15, 0.2) is 11.2 Å². The zero-order chi connectivity index (χ0) is 17.0. The van der Waals surface area contributed by atoms with Gasteiger partial charge in [-0.25, -0.2) is 4.79 Å². The smallest absolute Gasteiger partial charge is 0.332 e. The third-order valence-electron chi connectivity index (χ3n) is 4.42. The number of aryl methyl sites for hydroxylation is 1. The Morgan fingerprint density at radius 2 is 1.79 bits per heavy atom. The third-order valence-corrected chi connectivity index (χ3v) is 4.42. The van der Waals surface area contributed by atoms with E-state index < -0.39 is 17.4 Å². The Bertz CT molecular complexity index is 1050. The summed E-state index contributed by atoms with van der Waals surface area (Å²) in [6, 6.07) is 9.54. The monoisotopic (exact) mass is 327 g/mol. The summed E-state index contributed by atoms with van der Waals surface area (Å²) < 4.78 is 4.11. The summed E-state index contributed by atoms with van der Waals surface area (Å²) in [5.41, 5.74) is 0.695. The molecule has 0 radical (unpaired) electrons. The van der Waals surface area contributed by atoms with E-state index in [0.717, 1.165) is 10.3 Å². The molecule has 0 saturated carbocycles. The lowest BCUT2D eigenvalue weighted by molar-refractivity contribution is 0.154. The fraction of sp³-hybridized carbons (Fsp3) is 0.312. The zero-order valence-electron chi connectivity index (χ0n) is 13.4. The van der Waals surface area contributed by atoms with Crippen LogP contribution in [0.1, 0.15) is 0 Å². The van der Waals surface area contributed by atoms with Crippen LogP contribution in [-0.4, -0.2) is 36.4 Å². The van der Waals surface area contributed by atoms with Crippen LogP contribution in [0.4, 0.5) is 11.6 Å². The number of anilines is 2. The van der Waals surface area contributed by atoms with Gasteiger partial charge in [-0.15, -0.1) is 0 Å². The van der Waals surface area contributed by atoms with Crippen molar-refractivity contribution < 1.29 is 5.11 Å². The van der Waals surface area contributed by atoms with E-state index in [1.807, 2.05) is 35.2 Å². The molecule has 0 unspecified atom stereocenters. The summed E-state index contributed by atoms with van der Waals surface area (Å²) in [6.45, 7) is 0.643. The highest BCUT2D eigenvalue weighted by molar-refractivity contribution is 5.77. The average molecular weight is 327 g/mol. The second-order valence-electron chi connectivity index (χ2n) is 6.00. The number of hydrogen-bond donors (Lipinski definition) is 1. The molecule has 0 saturated heterocycles. The Balaban J connectivity index is 2.07. The number of hydrogen-bond acceptors (Lipinski definition) is 5. The summed E-state index contributed by atoms with van der Waals surface area (Å²) in [5, 5.41) is 10.3. The molecule has 0 spiro atoms. The first-order chi connectivity index (χ1) is 11.5. The number of rotatable bonds is 1. The van der Waals surface area contributed by atoms with E-state index >= 15 is 0 Å². The van der Waals surface area contributed by atoms with Crippen LogP contribution < -0.4 is 16.1 Å². The second kappa shape index (κ2) is 5.07. The molecule has 0 aliphatic carbocycles. The van der Waals surface area contributed by atoms with Crippen LogP contribution in [0.25, 0.3) is 11.2 Å². The molecule has 124 valence electrons. The standard InChI is InChI=1S/C16H17N5O3/c1-18-13-12(14(23)19(2)16(18)24)21-9-11(22)8-20(15(21)17-13)10-6-4-3-5-7-10/h3-7,11,22H,8-9H2,1-2H3/t11-/m0/s1. The molecule has 3 aromatic rings. The molecule has 1 N–H and O–H groups in total. The van der Waals surface area contributed by atoms with E-state index in [0.29, 0.717) is 23.7 Å². The highest BCUT2D eigenvalue weighted by Gasteiger charge is 2.30. The predicted octanol–water partition coefficient (Wildman–Crippen LogP) is -0.0537. The lowest BCUT2D eigenvalue weighted by Gasteiger charge is -2.32. The van der Waals surface area contributed by atoms with Gasteiger partial charge in [-0.1, -0.05) is 18.2 Å². The van der Waals surface area contributed by atoms with E-state index in [1.54, 1.807) is 11.6 Å². The van der Waals surface area contributed by atoms with Gasteiger partial charge in [0.05, 0.1) is 19.2 Å². The van der Waals surface area contributed by atoms with E-state index in [4.69, 9.17) is 0 Å². The van der Waals surface area contributed by atoms with Crippen LogP contribution in [0.2, 0.25) is 0 Å². The Morgan fingerprint density at radius 3 is 2.50 bits per heavy atom. The van der Waals surface area contributed by atoms with E-state index in [9.17, 15) is 14.7 Å². The van der Waals surface area contributed by atoms with Crippen molar-refractivity contribution in [1.29, 1.82) is 0 Å². The third kappa shape index (κ3) is 1.93. The number of aromatic nitrogens is 4. The number of β-amino-alcohol motifs (C(OH)–C–C–N with tert-alkyl or cyclic N) is 1. The zero-order valence-corrected chi connectivity index (χ0v) is 13.4. The van der Waals surface area contributed by atoms with Crippen molar-refractivity contribution in [2.75, 3.05) is 11.4 Å². The Labute approximate surface area is 136 Å². The van der Waals surface area contributed by atoms with Gasteiger partial charge in [0, 0.05) is 19.8 Å². The molecule has 0 bridgehead atoms. The van der Waals surface area contributed by atoms with Gasteiger partial charge in [-0.05, 0) is 12.1 Å². The van der Waals surface area contributed by atoms with Crippen molar-refractivity contribution in [2.45, 2.75) is 12.6 Å². The molecular weight excluding hydrogens is 310 g/mol. The van der Waals surface area contributed by atoms with Gasteiger partial charge in [0.1, 0.15) is 0 Å². The number of para-hydroxylation sites is 1. The van der Waals surface area contributed by atoms with E-state index in [1.165, 1.54) is 11.6 Å². The number of nitrogens with zero attached hydrogens (tertiary/aromatic N) is 5. The molecule has 1 aromatic carbocycles. The van der Waals surface area contributed by atoms with Crippen molar-refractivity contribution in [3.63, 3.8) is 0 Å². The van der Waals surface area contributed by atoms with Gasteiger partial charge in [-0.3, -0.25) is 13.9 Å².